The summed E-state index contributed by atoms with van der Waals surface area (Å²) in [6.07, 6.45) is 7.68. The average molecular weight is 567 g/mol. The Kier molecular flexibility index (Phi) is 31.7. The Morgan fingerprint density at radius 2 is 0.744 bits per heavy atom. The Labute approximate surface area is 235 Å². The molecule has 0 aliphatic carbocycles. The quantitative estimate of drug-likeness (QED) is 0.0881. The molecule has 0 atom stereocenters. The van der Waals surface area contributed by atoms with Gasteiger partial charge in [-0.2, -0.15) is 0 Å². The zero-order valence-corrected chi connectivity index (χ0v) is 24.5. The third kappa shape index (κ3) is 32.8. The van der Waals surface area contributed by atoms with Crippen molar-refractivity contribution in [1.82, 2.24) is 0 Å². The summed E-state index contributed by atoms with van der Waals surface area (Å²) >= 11 is 0. The van der Waals surface area contributed by atoms with E-state index in [2.05, 4.69) is 6.92 Å². The molecule has 0 rings (SSSR count). The number of ether oxygens (including phenoxy) is 9. The third-order valence-corrected chi connectivity index (χ3v) is 5.21. The Morgan fingerprint density at radius 3 is 1.18 bits per heavy atom. The highest BCUT2D eigenvalue weighted by molar-refractivity contribution is 5.69. The first-order chi connectivity index (χ1) is 19.2. The molecule has 0 N–H and O–H groups in total. The fourth-order valence-electron chi connectivity index (χ4n) is 3.15. The van der Waals surface area contributed by atoms with E-state index in [1.165, 1.54) is 25.7 Å². The highest BCUT2D eigenvalue weighted by atomic mass is 16.6. The number of unbranched alkanes of at least 4 members (excludes halogenated alkanes) is 5. The molecule has 0 fully saturated rings. The van der Waals surface area contributed by atoms with E-state index in [9.17, 15) is 9.59 Å². The molecule has 0 bridgehead atoms. The van der Waals surface area contributed by atoms with Crippen LogP contribution >= 0.6 is 0 Å². The molecule has 232 valence electrons. The van der Waals surface area contributed by atoms with Crippen LogP contribution in [0.2, 0.25) is 0 Å². The van der Waals surface area contributed by atoms with Crippen molar-refractivity contribution < 1.29 is 52.2 Å². The molecule has 39 heavy (non-hydrogen) atoms. The van der Waals surface area contributed by atoms with Gasteiger partial charge in [-0.1, -0.05) is 39.0 Å². The molecule has 11 nitrogen and oxygen atoms in total. The number of hydrogen-bond donors (Lipinski definition) is 0. The second-order valence-corrected chi connectivity index (χ2v) is 8.58. The van der Waals surface area contributed by atoms with Crippen molar-refractivity contribution in [3.05, 3.63) is 0 Å². The first kappa shape index (κ1) is 37.7. The van der Waals surface area contributed by atoms with Crippen LogP contribution in [0.5, 0.6) is 0 Å². The van der Waals surface area contributed by atoms with Crippen molar-refractivity contribution in [3.63, 3.8) is 0 Å². The molecular formula is C28H54O11. The maximum absolute atomic E-state index is 11.6. The minimum atomic E-state index is -0.251. The van der Waals surface area contributed by atoms with Gasteiger partial charge in [0.2, 0.25) is 0 Å². The molecule has 0 aromatic heterocycles. The van der Waals surface area contributed by atoms with Crippen LogP contribution < -0.4 is 0 Å². The van der Waals surface area contributed by atoms with Crippen molar-refractivity contribution in [1.29, 1.82) is 0 Å². The van der Waals surface area contributed by atoms with Gasteiger partial charge < -0.3 is 42.6 Å². The molecule has 0 saturated carbocycles. The highest BCUT2D eigenvalue weighted by Crippen LogP contribution is 2.07. The summed E-state index contributed by atoms with van der Waals surface area (Å²) in [6, 6.07) is 0. The molecule has 11 heteroatoms. The van der Waals surface area contributed by atoms with Crippen LogP contribution in [-0.2, 0) is 52.2 Å². The molecule has 0 aliphatic rings. The van der Waals surface area contributed by atoms with Gasteiger partial charge in [0, 0.05) is 6.42 Å². The average Bonchev–Trinajstić information content (AvgIpc) is 2.93. The van der Waals surface area contributed by atoms with Crippen molar-refractivity contribution in [2.24, 2.45) is 0 Å². The summed E-state index contributed by atoms with van der Waals surface area (Å²) in [6.45, 7) is 11.0. The minimum Gasteiger partial charge on any atom is -0.466 e. The molecule has 0 radical (unpaired) electrons. The molecule has 0 aromatic carbocycles. The van der Waals surface area contributed by atoms with E-state index < -0.39 is 0 Å². The lowest BCUT2D eigenvalue weighted by atomic mass is 10.1. The van der Waals surface area contributed by atoms with Gasteiger partial charge >= 0.3 is 11.9 Å². The van der Waals surface area contributed by atoms with Crippen LogP contribution in [0.25, 0.3) is 0 Å². The Balaban J connectivity index is 3.12. The summed E-state index contributed by atoms with van der Waals surface area (Å²) in [7, 11) is 0. The molecular weight excluding hydrogens is 512 g/mol. The summed E-state index contributed by atoms with van der Waals surface area (Å²) in [5.41, 5.74) is 0. The largest absolute Gasteiger partial charge is 0.466 e. The van der Waals surface area contributed by atoms with E-state index in [0.29, 0.717) is 106 Å². The van der Waals surface area contributed by atoms with Gasteiger partial charge in [0.05, 0.1) is 106 Å². The molecule has 0 unspecified atom stereocenters. The highest BCUT2D eigenvalue weighted by Gasteiger charge is 2.03. The van der Waals surface area contributed by atoms with Crippen LogP contribution in [0.4, 0.5) is 0 Å². The monoisotopic (exact) mass is 566 g/mol. The van der Waals surface area contributed by atoms with E-state index >= 15 is 0 Å². The second-order valence-electron chi connectivity index (χ2n) is 8.58. The Hall–Kier alpha value is -1.34. The number of esters is 2. The van der Waals surface area contributed by atoms with Gasteiger partial charge in [-0.25, -0.2) is 0 Å². The van der Waals surface area contributed by atoms with Gasteiger partial charge in [0.25, 0.3) is 0 Å². The first-order valence-corrected chi connectivity index (χ1v) is 14.6. The maximum Gasteiger partial charge on any atom is 0.308 e. The Bertz CT molecular complexity index is 520. The normalized spacial score (nSPS) is 11.1. The lowest BCUT2D eigenvalue weighted by Gasteiger charge is -2.09. The van der Waals surface area contributed by atoms with Crippen molar-refractivity contribution in [2.75, 3.05) is 106 Å². The fraction of sp³-hybridized carbons (Fsp3) is 0.929. The number of carbonyl (C=O) groups is 2. The topological polar surface area (TPSA) is 117 Å². The first-order valence-electron chi connectivity index (χ1n) is 14.6. The van der Waals surface area contributed by atoms with Crippen LogP contribution in [0.3, 0.4) is 0 Å². The van der Waals surface area contributed by atoms with E-state index in [-0.39, 0.29) is 25.0 Å². The van der Waals surface area contributed by atoms with Gasteiger partial charge in [-0.15, -0.1) is 0 Å². The number of hydrogen-bond acceptors (Lipinski definition) is 11. The third-order valence-electron chi connectivity index (χ3n) is 5.21. The van der Waals surface area contributed by atoms with Crippen molar-refractivity contribution >= 4 is 11.9 Å². The van der Waals surface area contributed by atoms with E-state index in [1.54, 1.807) is 6.92 Å². The van der Waals surface area contributed by atoms with Crippen molar-refractivity contribution in [3.8, 4) is 0 Å². The fourth-order valence-corrected chi connectivity index (χ4v) is 3.15. The van der Waals surface area contributed by atoms with Crippen LogP contribution in [0.15, 0.2) is 0 Å². The van der Waals surface area contributed by atoms with Gasteiger partial charge in [0.15, 0.2) is 0 Å². The lowest BCUT2D eigenvalue weighted by molar-refractivity contribution is -0.146. The predicted molar refractivity (Wildman–Crippen MR) is 146 cm³/mol. The Morgan fingerprint density at radius 1 is 0.385 bits per heavy atom. The van der Waals surface area contributed by atoms with Crippen LogP contribution in [-0.4, -0.2) is 118 Å². The summed E-state index contributed by atoms with van der Waals surface area (Å²) in [5.74, 6) is -0.397. The molecule has 0 saturated heterocycles. The molecule has 0 aromatic rings. The van der Waals surface area contributed by atoms with Crippen molar-refractivity contribution in [2.45, 2.75) is 65.2 Å². The zero-order chi connectivity index (χ0) is 28.5. The SMILES string of the molecule is CCCCCCCCC(=O)OCCOCCOCCOCCOCCOCCOCCOCCC(=O)OCC. The van der Waals surface area contributed by atoms with Gasteiger partial charge in [0.1, 0.15) is 6.61 Å². The summed E-state index contributed by atoms with van der Waals surface area (Å²) < 4.78 is 47.8. The van der Waals surface area contributed by atoms with Gasteiger partial charge in [-0.3, -0.25) is 9.59 Å². The standard InChI is InChI=1S/C28H54O11/c1-3-5-6-7-8-9-10-27(29)39-26-25-37-24-23-36-22-21-35-20-19-34-18-17-33-16-15-32-14-13-31-12-11-28(30)38-4-2/h3-26H2,1-2H3. The number of carbonyl (C=O) groups excluding carboxylic acids is 2. The summed E-state index contributed by atoms with van der Waals surface area (Å²) in [5, 5.41) is 0. The number of rotatable bonds is 32. The van der Waals surface area contributed by atoms with E-state index in [1.807, 2.05) is 0 Å². The molecule has 0 heterocycles. The predicted octanol–water partition coefficient (Wildman–Crippen LogP) is 3.35. The smallest absolute Gasteiger partial charge is 0.308 e. The summed E-state index contributed by atoms with van der Waals surface area (Å²) in [4.78, 5) is 22.8. The maximum atomic E-state index is 11.6. The van der Waals surface area contributed by atoms with Gasteiger partial charge in [-0.05, 0) is 13.3 Å². The van der Waals surface area contributed by atoms with Crippen LogP contribution in [0.1, 0.15) is 65.2 Å². The second kappa shape index (κ2) is 32.9. The zero-order valence-electron chi connectivity index (χ0n) is 24.5. The molecule has 0 amide bonds. The lowest BCUT2D eigenvalue weighted by Crippen LogP contribution is -2.15. The molecule has 0 spiro atoms. The van der Waals surface area contributed by atoms with E-state index in [0.717, 1.165) is 12.8 Å². The van der Waals surface area contributed by atoms with E-state index in [4.69, 9.17) is 42.6 Å². The molecule has 0 aliphatic heterocycles. The van der Waals surface area contributed by atoms with Crippen LogP contribution in [0, 0.1) is 0 Å². The minimum absolute atomic E-state index is 0.146.